The van der Waals surface area contributed by atoms with Crippen molar-refractivity contribution in [1.82, 2.24) is 10.2 Å². The van der Waals surface area contributed by atoms with Crippen LogP contribution in [0.4, 0.5) is 10.5 Å². The van der Waals surface area contributed by atoms with Crippen molar-refractivity contribution in [2.45, 2.75) is 44.1 Å². The molecular formula is C17H19Cl2N3O3. The third-order valence-corrected chi connectivity index (χ3v) is 5.55. The number of rotatable bonds is 3. The van der Waals surface area contributed by atoms with Crippen LogP contribution in [-0.4, -0.2) is 34.8 Å². The molecule has 2 fully saturated rings. The Kier molecular flexibility index (Phi) is 5.20. The van der Waals surface area contributed by atoms with Crippen LogP contribution in [0.2, 0.25) is 10.0 Å². The van der Waals surface area contributed by atoms with Crippen molar-refractivity contribution >= 4 is 46.7 Å². The van der Waals surface area contributed by atoms with E-state index in [0.717, 1.165) is 30.6 Å². The number of imide groups is 1. The molecule has 1 saturated heterocycles. The highest BCUT2D eigenvalue weighted by atomic mass is 35.5. The average Bonchev–Trinajstić information content (AvgIpc) is 2.74. The molecule has 0 bridgehead atoms. The fraction of sp³-hybridized carbons (Fsp3) is 0.471. The predicted octanol–water partition coefficient (Wildman–Crippen LogP) is 3.58. The standard InChI is InChI=1S/C17H19Cl2N3O3/c18-11-6-5-7-12(14(11)19)20-13(23)10-22-15(24)17(21-16(22)25)8-3-1-2-4-9-17/h5-7H,1-4,8-10H2,(H,20,23)(H,21,25). The van der Waals surface area contributed by atoms with Gasteiger partial charge in [-0.2, -0.15) is 0 Å². The number of carbonyl (C=O) groups excluding carboxylic acids is 3. The summed E-state index contributed by atoms with van der Waals surface area (Å²) < 4.78 is 0. The lowest BCUT2D eigenvalue weighted by Gasteiger charge is -2.24. The van der Waals surface area contributed by atoms with Gasteiger partial charge < -0.3 is 10.6 Å². The third kappa shape index (κ3) is 3.60. The van der Waals surface area contributed by atoms with Crippen molar-refractivity contribution in [2.75, 3.05) is 11.9 Å². The summed E-state index contributed by atoms with van der Waals surface area (Å²) in [5.41, 5.74) is -0.503. The van der Waals surface area contributed by atoms with Crippen molar-refractivity contribution in [3.63, 3.8) is 0 Å². The van der Waals surface area contributed by atoms with Crippen LogP contribution in [0.25, 0.3) is 0 Å². The van der Waals surface area contributed by atoms with Gasteiger partial charge in [0.25, 0.3) is 5.91 Å². The van der Waals surface area contributed by atoms with E-state index in [-0.39, 0.29) is 17.5 Å². The molecule has 1 aromatic rings. The van der Waals surface area contributed by atoms with E-state index in [1.807, 2.05) is 0 Å². The number of anilines is 1. The van der Waals surface area contributed by atoms with E-state index in [2.05, 4.69) is 10.6 Å². The summed E-state index contributed by atoms with van der Waals surface area (Å²) in [6.45, 7) is -0.352. The summed E-state index contributed by atoms with van der Waals surface area (Å²) in [5, 5.41) is 5.93. The predicted molar refractivity (Wildman–Crippen MR) is 95.8 cm³/mol. The maximum atomic E-state index is 12.8. The number of hydrogen-bond donors (Lipinski definition) is 2. The number of urea groups is 1. The van der Waals surface area contributed by atoms with E-state index >= 15 is 0 Å². The lowest BCUT2D eigenvalue weighted by Crippen LogP contribution is -2.47. The largest absolute Gasteiger partial charge is 0.325 e. The first-order valence-corrected chi connectivity index (χ1v) is 9.06. The van der Waals surface area contributed by atoms with Crippen LogP contribution in [0.15, 0.2) is 18.2 Å². The summed E-state index contributed by atoms with van der Waals surface area (Å²) >= 11 is 12.0. The first-order chi connectivity index (χ1) is 11.9. The van der Waals surface area contributed by atoms with E-state index in [9.17, 15) is 14.4 Å². The second-order valence-corrected chi connectivity index (χ2v) is 7.25. The lowest BCUT2D eigenvalue weighted by atomic mass is 9.90. The van der Waals surface area contributed by atoms with Crippen LogP contribution in [0.3, 0.4) is 0 Å². The average molecular weight is 384 g/mol. The maximum Gasteiger partial charge on any atom is 0.325 e. The van der Waals surface area contributed by atoms with Gasteiger partial charge in [-0.3, -0.25) is 14.5 Å². The molecule has 3 rings (SSSR count). The molecule has 1 heterocycles. The molecule has 1 aromatic carbocycles. The second kappa shape index (κ2) is 7.22. The molecule has 1 aliphatic heterocycles. The van der Waals surface area contributed by atoms with Gasteiger partial charge in [0.2, 0.25) is 5.91 Å². The Hall–Kier alpha value is -1.79. The summed E-state index contributed by atoms with van der Waals surface area (Å²) in [6, 6.07) is 4.34. The lowest BCUT2D eigenvalue weighted by molar-refractivity contribution is -0.134. The minimum atomic E-state index is -0.846. The number of amides is 4. The molecule has 2 N–H and O–H groups in total. The summed E-state index contributed by atoms with van der Waals surface area (Å²) in [5.74, 6) is -0.815. The van der Waals surface area contributed by atoms with Gasteiger partial charge in [0.05, 0.1) is 15.7 Å². The molecular weight excluding hydrogens is 365 g/mol. The van der Waals surface area contributed by atoms with Gasteiger partial charge in [-0.15, -0.1) is 0 Å². The number of nitrogens with zero attached hydrogens (tertiary/aromatic N) is 1. The Bertz CT molecular complexity index is 715. The normalized spacial score (nSPS) is 19.7. The first-order valence-electron chi connectivity index (χ1n) is 8.31. The first kappa shape index (κ1) is 18.0. The monoisotopic (exact) mass is 383 g/mol. The molecule has 0 radical (unpaired) electrons. The highest BCUT2D eigenvalue weighted by Crippen LogP contribution is 2.33. The molecule has 1 spiro atoms. The highest BCUT2D eigenvalue weighted by molar-refractivity contribution is 6.44. The smallest absolute Gasteiger partial charge is 0.323 e. The number of benzene rings is 1. The number of carbonyl (C=O) groups is 3. The molecule has 1 saturated carbocycles. The highest BCUT2D eigenvalue weighted by Gasteiger charge is 2.51. The molecule has 0 unspecified atom stereocenters. The van der Waals surface area contributed by atoms with Crippen LogP contribution < -0.4 is 10.6 Å². The van der Waals surface area contributed by atoms with E-state index in [1.165, 1.54) is 0 Å². The molecule has 1 aliphatic carbocycles. The Morgan fingerprint density at radius 2 is 1.84 bits per heavy atom. The zero-order valence-electron chi connectivity index (χ0n) is 13.6. The number of halogens is 2. The van der Waals surface area contributed by atoms with Crippen LogP contribution in [0.5, 0.6) is 0 Å². The molecule has 134 valence electrons. The fourth-order valence-electron chi connectivity index (χ4n) is 3.42. The number of hydrogen-bond acceptors (Lipinski definition) is 3. The van der Waals surface area contributed by atoms with Gasteiger partial charge >= 0.3 is 6.03 Å². The van der Waals surface area contributed by atoms with Crippen molar-refractivity contribution in [1.29, 1.82) is 0 Å². The Labute approximate surface area is 155 Å². The van der Waals surface area contributed by atoms with Crippen molar-refractivity contribution < 1.29 is 14.4 Å². The fourth-order valence-corrected chi connectivity index (χ4v) is 3.77. The third-order valence-electron chi connectivity index (χ3n) is 4.73. The molecule has 0 aromatic heterocycles. The van der Waals surface area contributed by atoms with Crippen LogP contribution in [0.1, 0.15) is 38.5 Å². The summed E-state index contributed by atoms with van der Waals surface area (Å²) in [4.78, 5) is 38.3. The van der Waals surface area contributed by atoms with E-state index < -0.39 is 17.5 Å². The van der Waals surface area contributed by atoms with Gasteiger partial charge in [0.15, 0.2) is 0 Å². The van der Waals surface area contributed by atoms with Crippen molar-refractivity contribution in [3.8, 4) is 0 Å². The van der Waals surface area contributed by atoms with E-state index in [4.69, 9.17) is 23.2 Å². The maximum absolute atomic E-state index is 12.8. The van der Waals surface area contributed by atoms with Gasteiger partial charge in [0, 0.05) is 0 Å². The second-order valence-electron chi connectivity index (χ2n) is 6.47. The van der Waals surface area contributed by atoms with Crippen molar-refractivity contribution in [3.05, 3.63) is 28.2 Å². The Balaban J connectivity index is 1.69. The van der Waals surface area contributed by atoms with Gasteiger partial charge in [-0.25, -0.2) is 4.79 Å². The molecule has 25 heavy (non-hydrogen) atoms. The van der Waals surface area contributed by atoms with Crippen LogP contribution in [0, 0.1) is 0 Å². The Morgan fingerprint density at radius 1 is 1.16 bits per heavy atom. The minimum absolute atomic E-state index is 0.218. The van der Waals surface area contributed by atoms with Crippen molar-refractivity contribution in [2.24, 2.45) is 0 Å². The van der Waals surface area contributed by atoms with E-state index in [1.54, 1.807) is 18.2 Å². The topological polar surface area (TPSA) is 78.5 Å². The SMILES string of the molecule is O=C(CN1C(=O)NC2(CCCCCC2)C1=O)Nc1cccc(Cl)c1Cl. The van der Waals surface area contributed by atoms with Crippen LogP contribution >= 0.6 is 23.2 Å². The zero-order chi connectivity index (χ0) is 18.0. The van der Waals surface area contributed by atoms with Gasteiger partial charge in [0.1, 0.15) is 12.1 Å². The summed E-state index contributed by atoms with van der Waals surface area (Å²) in [6.07, 6.45) is 5.14. The van der Waals surface area contributed by atoms with Gasteiger partial charge in [-0.05, 0) is 25.0 Å². The van der Waals surface area contributed by atoms with Crippen LogP contribution in [-0.2, 0) is 9.59 Å². The molecule has 4 amide bonds. The molecule has 8 heteroatoms. The van der Waals surface area contributed by atoms with E-state index in [0.29, 0.717) is 23.6 Å². The quantitative estimate of drug-likeness (QED) is 0.782. The molecule has 0 atom stereocenters. The zero-order valence-corrected chi connectivity index (χ0v) is 15.1. The summed E-state index contributed by atoms with van der Waals surface area (Å²) in [7, 11) is 0. The molecule has 6 nitrogen and oxygen atoms in total. The Morgan fingerprint density at radius 3 is 2.52 bits per heavy atom. The minimum Gasteiger partial charge on any atom is -0.323 e. The van der Waals surface area contributed by atoms with Gasteiger partial charge in [-0.1, -0.05) is 55.0 Å². The molecule has 2 aliphatic rings. The number of nitrogens with one attached hydrogen (secondary N) is 2.